The Morgan fingerprint density at radius 1 is 1.11 bits per heavy atom. The molecule has 2 aromatic rings. The van der Waals surface area contributed by atoms with Crippen molar-refractivity contribution in [1.29, 1.82) is 0 Å². The minimum absolute atomic E-state index is 0.0597. The summed E-state index contributed by atoms with van der Waals surface area (Å²) in [5.41, 5.74) is 3.07. The Bertz CT molecular complexity index is 600. The lowest BCUT2D eigenvalue weighted by Gasteiger charge is -2.10. The molecule has 0 saturated carbocycles. The zero-order valence-electron chi connectivity index (χ0n) is 11.6. The summed E-state index contributed by atoms with van der Waals surface area (Å²) in [6.45, 7) is 3.42. The van der Waals surface area contributed by atoms with E-state index in [4.69, 9.17) is 0 Å². The van der Waals surface area contributed by atoms with Crippen molar-refractivity contribution >= 4 is 0 Å². The summed E-state index contributed by atoms with van der Waals surface area (Å²) >= 11 is 0. The monoisotopic (exact) mass is 257 g/mol. The SMILES string of the molecule is CCn1nc(-c2ccc(CN(C)C)cc2)ccc1=O. The number of hydrogen-bond acceptors (Lipinski definition) is 3. The van der Waals surface area contributed by atoms with Crippen LogP contribution in [0.3, 0.4) is 0 Å². The highest BCUT2D eigenvalue weighted by Crippen LogP contribution is 2.16. The summed E-state index contributed by atoms with van der Waals surface area (Å²) in [6.07, 6.45) is 0. The fourth-order valence-electron chi connectivity index (χ4n) is 1.98. The predicted molar refractivity (Wildman–Crippen MR) is 77.0 cm³/mol. The van der Waals surface area contributed by atoms with Crippen LogP contribution in [-0.4, -0.2) is 28.8 Å². The fourth-order valence-corrected chi connectivity index (χ4v) is 1.98. The Balaban J connectivity index is 2.29. The molecule has 4 nitrogen and oxygen atoms in total. The van der Waals surface area contributed by atoms with Gasteiger partial charge in [-0.05, 0) is 32.6 Å². The van der Waals surface area contributed by atoms with Crippen LogP contribution in [0, 0.1) is 0 Å². The first-order chi connectivity index (χ1) is 9.10. The van der Waals surface area contributed by atoms with Gasteiger partial charge in [-0.25, -0.2) is 4.68 Å². The summed E-state index contributed by atoms with van der Waals surface area (Å²) in [7, 11) is 4.10. The molecule has 4 heteroatoms. The van der Waals surface area contributed by atoms with Gasteiger partial charge in [-0.15, -0.1) is 0 Å². The molecule has 0 fully saturated rings. The van der Waals surface area contributed by atoms with Gasteiger partial charge >= 0.3 is 0 Å². The molecule has 100 valence electrons. The van der Waals surface area contributed by atoms with Gasteiger partial charge in [0, 0.05) is 24.7 Å². The van der Waals surface area contributed by atoms with Gasteiger partial charge in [0.1, 0.15) is 0 Å². The van der Waals surface area contributed by atoms with Crippen LogP contribution in [-0.2, 0) is 13.1 Å². The van der Waals surface area contributed by atoms with E-state index in [-0.39, 0.29) is 5.56 Å². The maximum absolute atomic E-state index is 11.5. The summed E-state index contributed by atoms with van der Waals surface area (Å²) in [5.74, 6) is 0. The van der Waals surface area contributed by atoms with Crippen molar-refractivity contribution in [2.75, 3.05) is 14.1 Å². The molecule has 0 bridgehead atoms. The molecule has 0 aliphatic heterocycles. The van der Waals surface area contributed by atoms with Gasteiger partial charge in [0.25, 0.3) is 5.56 Å². The standard InChI is InChI=1S/C15H19N3O/c1-4-18-15(19)10-9-14(16-18)13-7-5-12(6-8-13)11-17(2)3/h5-10H,4,11H2,1-3H3. The second-order valence-corrected chi connectivity index (χ2v) is 4.81. The molecular formula is C15H19N3O. The molecule has 1 aromatic carbocycles. The van der Waals surface area contributed by atoms with Crippen LogP contribution in [0.1, 0.15) is 12.5 Å². The number of hydrogen-bond donors (Lipinski definition) is 0. The van der Waals surface area contributed by atoms with Crippen molar-refractivity contribution < 1.29 is 0 Å². The summed E-state index contributed by atoms with van der Waals surface area (Å²) < 4.78 is 1.48. The third-order valence-corrected chi connectivity index (χ3v) is 2.91. The van der Waals surface area contributed by atoms with E-state index >= 15 is 0 Å². The molecule has 0 aliphatic carbocycles. The highest BCUT2D eigenvalue weighted by Gasteiger charge is 2.03. The quantitative estimate of drug-likeness (QED) is 0.840. The third-order valence-electron chi connectivity index (χ3n) is 2.91. The first-order valence-electron chi connectivity index (χ1n) is 6.42. The Kier molecular flexibility index (Phi) is 4.12. The van der Waals surface area contributed by atoms with Crippen LogP contribution >= 0.6 is 0 Å². The molecule has 1 aromatic heterocycles. The van der Waals surface area contributed by atoms with Crippen molar-refractivity contribution in [3.63, 3.8) is 0 Å². The van der Waals surface area contributed by atoms with Crippen molar-refractivity contribution in [3.05, 3.63) is 52.3 Å². The second kappa shape index (κ2) is 5.80. The minimum Gasteiger partial charge on any atom is -0.305 e. The maximum atomic E-state index is 11.5. The summed E-state index contributed by atoms with van der Waals surface area (Å²) in [4.78, 5) is 13.6. The van der Waals surface area contributed by atoms with Crippen LogP contribution < -0.4 is 5.56 Å². The molecule has 0 amide bonds. The number of benzene rings is 1. The Labute approximate surface area is 113 Å². The number of rotatable bonds is 4. The van der Waals surface area contributed by atoms with E-state index in [0.717, 1.165) is 17.8 Å². The van der Waals surface area contributed by atoms with E-state index in [0.29, 0.717) is 6.54 Å². The van der Waals surface area contributed by atoms with Gasteiger partial charge in [-0.3, -0.25) is 4.79 Å². The highest BCUT2D eigenvalue weighted by atomic mass is 16.1. The van der Waals surface area contributed by atoms with E-state index in [2.05, 4.69) is 22.1 Å². The molecule has 0 N–H and O–H groups in total. The third kappa shape index (κ3) is 3.29. The largest absolute Gasteiger partial charge is 0.305 e. The Morgan fingerprint density at radius 2 is 1.79 bits per heavy atom. The number of aryl methyl sites for hydroxylation is 1. The Morgan fingerprint density at radius 3 is 2.37 bits per heavy atom. The Hall–Kier alpha value is -1.94. The van der Waals surface area contributed by atoms with Crippen LogP contribution in [0.4, 0.5) is 0 Å². The van der Waals surface area contributed by atoms with E-state index in [1.54, 1.807) is 12.1 Å². The van der Waals surface area contributed by atoms with E-state index in [1.165, 1.54) is 10.2 Å². The highest BCUT2D eigenvalue weighted by molar-refractivity contribution is 5.58. The summed E-state index contributed by atoms with van der Waals surface area (Å²) in [6, 6.07) is 11.6. The maximum Gasteiger partial charge on any atom is 0.266 e. The van der Waals surface area contributed by atoms with Gasteiger partial charge in [-0.1, -0.05) is 24.3 Å². The molecule has 2 rings (SSSR count). The first-order valence-corrected chi connectivity index (χ1v) is 6.42. The van der Waals surface area contributed by atoms with Crippen molar-refractivity contribution in [2.45, 2.75) is 20.0 Å². The average molecular weight is 257 g/mol. The number of aromatic nitrogens is 2. The molecule has 0 aliphatic rings. The molecule has 0 saturated heterocycles. The van der Waals surface area contributed by atoms with Gasteiger partial charge < -0.3 is 4.90 Å². The van der Waals surface area contributed by atoms with Crippen molar-refractivity contribution in [1.82, 2.24) is 14.7 Å². The van der Waals surface area contributed by atoms with Crippen LogP contribution in [0.25, 0.3) is 11.3 Å². The lowest BCUT2D eigenvalue weighted by atomic mass is 10.1. The second-order valence-electron chi connectivity index (χ2n) is 4.81. The smallest absolute Gasteiger partial charge is 0.266 e. The van der Waals surface area contributed by atoms with Crippen molar-refractivity contribution in [2.24, 2.45) is 0 Å². The van der Waals surface area contributed by atoms with E-state index in [9.17, 15) is 4.79 Å². The molecule has 0 spiro atoms. The van der Waals surface area contributed by atoms with Crippen molar-refractivity contribution in [3.8, 4) is 11.3 Å². The molecule has 0 atom stereocenters. The topological polar surface area (TPSA) is 38.1 Å². The van der Waals surface area contributed by atoms with Gasteiger partial charge in [0.15, 0.2) is 0 Å². The lowest BCUT2D eigenvalue weighted by molar-refractivity contribution is 0.402. The molecule has 19 heavy (non-hydrogen) atoms. The first kappa shape index (κ1) is 13.5. The van der Waals surface area contributed by atoms with E-state index < -0.39 is 0 Å². The van der Waals surface area contributed by atoms with Crippen LogP contribution in [0.15, 0.2) is 41.2 Å². The summed E-state index contributed by atoms with van der Waals surface area (Å²) in [5, 5.41) is 4.35. The predicted octanol–water partition coefficient (Wildman–Crippen LogP) is 1.99. The lowest BCUT2D eigenvalue weighted by Crippen LogP contribution is -2.20. The molecule has 0 radical (unpaired) electrons. The minimum atomic E-state index is -0.0597. The zero-order valence-corrected chi connectivity index (χ0v) is 11.6. The van der Waals surface area contributed by atoms with Gasteiger partial charge in [-0.2, -0.15) is 5.10 Å². The zero-order chi connectivity index (χ0) is 13.8. The van der Waals surface area contributed by atoms with Gasteiger partial charge in [0.05, 0.1) is 5.69 Å². The van der Waals surface area contributed by atoms with E-state index in [1.807, 2.05) is 33.2 Å². The number of nitrogens with zero attached hydrogens (tertiary/aromatic N) is 3. The normalized spacial score (nSPS) is 10.9. The molecule has 1 heterocycles. The fraction of sp³-hybridized carbons (Fsp3) is 0.333. The molecular weight excluding hydrogens is 238 g/mol. The molecule has 0 unspecified atom stereocenters. The van der Waals surface area contributed by atoms with Crippen LogP contribution in [0.5, 0.6) is 0 Å². The van der Waals surface area contributed by atoms with Crippen LogP contribution in [0.2, 0.25) is 0 Å². The van der Waals surface area contributed by atoms with Gasteiger partial charge in [0.2, 0.25) is 0 Å². The average Bonchev–Trinajstić information content (AvgIpc) is 2.40.